The Labute approximate surface area is 122 Å². The Hall–Kier alpha value is -0.570. The number of hydrogen-bond acceptors (Lipinski definition) is 2. The number of hydrogen-bond donors (Lipinski definition) is 2. The molecule has 4 aliphatic carbocycles. The van der Waals surface area contributed by atoms with Gasteiger partial charge in [0.1, 0.15) is 0 Å². The number of carbonyl (C=O) groups excluding carboxylic acids is 1. The highest BCUT2D eigenvalue weighted by Gasteiger charge is 2.58. The summed E-state index contributed by atoms with van der Waals surface area (Å²) in [6.45, 7) is 4.93. The summed E-state index contributed by atoms with van der Waals surface area (Å²) >= 11 is 0. The molecular formula is C17H29NO2. The molecule has 3 atom stereocenters. The predicted molar refractivity (Wildman–Crippen MR) is 79.1 cm³/mol. The molecule has 114 valence electrons. The van der Waals surface area contributed by atoms with Crippen molar-refractivity contribution in [2.24, 2.45) is 22.7 Å². The molecule has 0 aromatic rings. The van der Waals surface area contributed by atoms with Gasteiger partial charge < -0.3 is 10.4 Å². The van der Waals surface area contributed by atoms with E-state index < -0.39 is 0 Å². The molecule has 3 nitrogen and oxygen atoms in total. The Balaban J connectivity index is 1.60. The van der Waals surface area contributed by atoms with Crippen LogP contribution in [0.25, 0.3) is 0 Å². The second-order valence-corrected chi connectivity index (χ2v) is 8.30. The maximum atomic E-state index is 12.7. The van der Waals surface area contributed by atoms with E-state index in [4.69, 9.17) is 0 Å². The van der Waals surface area contributed by atoms with Gasteiger partial charge in [-0.15, -0.1) is 0 Å². The van der Waals surface area contributed by atoms with Gasteiger partial charge in [-0.05, 0) is 75.5 Å². The average Bonchev–Trinajstić information content (AvgIpc) is 2.31. The summed E-state index contributed by atoms with van der Waals surface area (Å²) in [5, 5.41) is 12.4. The van der Waals surface area contributed by atoms with Crippen LogP contribution in [0.2, 0.25) is 0 Å². The summed E-state index contributed by atoms with van der Waals surface area (Å²) in [4.78, 5) is 12.7. The van der Waals surface area contributed by atoms with Crippen molar-refractivity contribution in [2.45, 2.75) is 71.3 Å². The summed E-state index contributed by atoms with van der Waals surface area (Å²) in [6, 6.07) is 0. The van der Waals surface area contributed by atoms with Gasteiger partial charge >= 0.3 is 0 Å². The van der Waals surface area contributed by atoms with E-state index in [-0.39, 0.29) is 11.5 Å². The summed E-state index contributed by atoms with van der Waals surface area (Å²) in [6.07, 6.45) is 8.82. The van der Waals surface area contributed by atoms with E-state index in [0.29, 0.717) is 11.3 Å². The minimum Gasteiger partial charge on any atom is -0.393 e. The minimum absolute atomic E-state index is 0.0519. The maximum Gasteiger partial charge on any atom is 0.226 e. The first-order valence-electron chi connectivity index (χ1n) is 8.37. The lowest BCUT2D eigenvalue weighted by atomic mass is 9.44. The number of rotatable bonds is 5. The van der Waals surface area contributed by atoms with Gasteiger partial charge in [0.2, 0.25) is 5.91 Å². The van der Waals surface area contributed by atoms with Crippen molar-refractivity contribution < 1.29 is 9.90 Å². The van der Waals surface area contributed by atoms with Crippen LogP contribution in [0.4, 0.5) is 0 Å². The van der Waals surface area contributed by atoms with E-state index in [0.717, 1.165) is 50.5 Å². The Morgan fingerprint density at radius 1 is 1.30 bits per heavy atom. The van der Waals surface area contributed by atoms with Gasteiger partial charge in [0, 0.05) is 6.54 Å². The van der Waals surface area contributed by atoms with E-state index in [2.05, 4.69) is 12.2 Å². The molecule has 0 aromatic carbocycles. The van der Waals surface area contributed by atoms with E-state index in [1.165, 1.54) is 19.3 Å². The molecule has 4 rings (SSSR count). The zero-order chi connectivity index (χ0) is 14.4. The van der Waals surface area contributed by atoms with Crippen LogP contribution in [0.5, 0.6) is 0 Å². The van der Waals surface area contributed by atoms with Gasteiger partial charge in [0.15, 0.2) is 0 Å². The quantitative estimate of drug-likeness (QED) is 0.760. The first kappa shape index (κ1) is 14.4. The van der Waals surface area contributed by atoms with Crippen LogP contribution < -0.4 is 5.32 Å². The third-order valence-corrected chi connectivity index (χ3v) is 5.92. The van der Waals surface area contributed by atoms with Crippen molar-refractivity contribution >= 4 is 5.91 Å². The lowest BCUT2D eigenvalue weighted by Crippen LogP contribution is -2.56. The van der Waals surface area contributed by atoms with Gasteiger partial charge in [-0.1, -0.05) is 6.92 Å². The van der Waals surface area contributed by atoms with Gasteiger partial charge in [-0.3, -0.25) is 4.79 Å². The van der Waals surface area contributed by atoms with E-state index in [9.17, 15) is 9.90 Å². The molecule has 4 bridgehead atoms. The SMILES string of the molecule is CC(O)CCCNC(=O)C12CC3CC(CC(C)(C3)C1)C2. The van der Waals surface area contributed by atoms with Crippen LogP contribution in [0.3, 0.4) is 0 Å². The molecule has 0 aliphatic heterocycles. The lowest BCUT2D eigenvalue weighted by Gasteiger charge is -2.60. The normalized spacial score (nSPS) is 43.5. The standard InChI is InChI=1S/C17H29NO2/c1-12(19)4-3-5-18-15(20)17-9-13-6-14(10-17)8-16(2,7-13)11-17/h12-14,19H,3-11H2,1-2H3,(H,18,20). The molecule has 4 fully saturated rings. The van der Waals surface area contributed by atoms with Crippen molar-refractivity contribution in [3.63, 3.8) is 0 Å². The Morgan fingerprint density at radius 3 is 2.50 bits per heavy atom. The number of aliphatic hydroxyl groups excluding tert-OH is 1. The predicted octanol–water partition coefficient (Wildman–Crippen LogP) is 2.87. The van der Waals surface area contributed by atoms with Crippen molar-refractivity contribution in [3.05, 3.63) is 0 Å². The largest absolute Gasteiger partial charge is 0.393 e. The third kappa shape index (κ3) is 2.61. The number of carbonyl (C=O) groups is 1. The van der Waals surface area contributed by atoms with Crippen molar-refractivity contribution in [2.75, 3.05) is 6.54 Å². The second-order valence-electron chi connectivity index (χ2n) is 8.30. The Morgan fingerprint density at radius 2 is 1.95 bits per heavy atom. The zero-order valence-electron chi connectivity index (χ0n) is 13.0. The molecular weight excluding hydrogens is 250 g/mol. The molecule has 4 aliphatic rings. The van der Waals surface area contributed by atoms with Crippen molar-refractivity contribution in [1.29, 1.82) is 0 Å². The second kappa shape index (κ2) is 5.01. The molecule has 20 heavy (non-hydrogen) atoms. The molecule has 3 unspecified atom stereocenters. The first-order chi connectivity index (χ1) is 9.41. The molecule has 0 radical (unpaired) electrons. The van der Waals surface area contributed by atoms with Crippen LogP contribution in [0.1, 0.15) is 65.2 Å². The van der Waals surface area contributed by atoms with E-state index in [1.807, 2.05) is 6.92 Å². The van der Waals surface area contributed by atoms with Crippen molar-refractivity contribution in [3.8, 4) is 0 Å². The molecule has 0 saturated heterocycles. The fourth-order valence-electron chi connectivity index (χ4n) is 5.77. The highest BCUT2D eigenvalue weighted by molar-refractivity contribution is 5.83. The first-order valence-corrected chi connectivity index (χ1v) is 8.37. The molecule has 4 saturated carbocycles. The fraction of sp³-hybridized carbons (Fsp3) is 0.941. The lowest BCUT2D eigenvalue weighted by molar-refractivity contribution is -0.155. The number of amides is 1. The highest BCUT2D eigenvalue weighted by atomic mass is 16.3. The molecule has 1 amide bonds. The molecule has 0 aromatic heterocycles. The van der Waals surface area contributed by atoms with Crippen LogP contribution in [-0.4, -0.2) is 23.7 Å². The van der Waals surface area contributed by atoms with Gasteiger partial charge in [0.05, 0.1) is 11.5 Å². The van der Waals surface area contributed by atoms with E-state index >= 15 is 0 Å². The highest BCUT2D eigenvalue weighted by Crippen LogP contribution is 2.65. The Kier molecular flexibility index (Phi) is 3.60. The van der Waals surface area contributed by atoms with Gasteiger partial charge in [-0.2, -0.15) is 0 Å². The number of aliphatic hydroxyl groups is 1. The molecule has 2 N–H and O–H groups in total. The summed E-state index contributed by atoms with van der Waals surface area (Å²) < 4.78 is 0. The fourth-order valence-corrected chi connectivity index (χ4v) is 5.77. The van der Waals surface area contributed by atoms with Crippen LogP contribution in [0.15, 0.2) is 0 Å². The zero-order valence-corrected chi connectivity index (χ0v) is 13.0. The van der Waals surface area contributed by atoms with E-state index in [1.54, 1.807) is 0 Å². The summed E-state index contributed by atoms with van der Waals surface area (Å²) in [5.41, 5.74) is 0.380. The number of nitrogens with one attached hydrogen (secondary N) is 1. The van der Waals surface area contributed by atoms with Crippen LogP contribution in [0, 0.1) is 22.7 Å². The maximum absolute atomic E-state index is 12.7. The molecule has 0 spiro atoms. The molecule has 3 heteroatoms. The monoisotopic (exact) mass is 279 g/mol. The Bertz CT molecular complexity index is 376. The van der Waals surface area contributed by atoms with Crippen LogP contribution in [-0.2, 0) is 4.79 Å². The smallest absolute Gasteiger partial charge is 0.226 e. The van der Waals surface area contributed by atoms with Gasteiger partial charge in [0.25, 0.3) is 0 Å². The average molecular weight is 279 g/mol. The topological polar surface area (TPSA) is 49.3 Å². The molecule has 0 heterocycles. The minimum atomic E-state index is -0.259. The summed E-state index contributed by atoms with van der Waals surface area (Å²) in [5.74, 6) is 1.90. The van der Waals surface area contributed by atoms with Crippen LogP contribution >= 0.6 is 0 Å². The summed E-state index contributed by atoms with van der Waals surface area (Å²) in [7, 11) is 0. The van der Waals surface area contributed by atoms with Gasteiger partial charge in [-0.25, -0.2) is 0 Å². The van der Waals surface area contributed by atoms with Crippen molar-refractivity contribution in [1.82, 2.24) is 5.32 Å². The third-order valence-electron chi connectivity index (χ3n) is 5.92.